The van der Waals surface area contributed by atoms with E-state index in [9.17, 15) is 4.79 Å². The normalized spacial score (nSPS) is 12.1. The smallest absolute Gasteiger partial charge is 0.253 e. The second-order valence-corrected chi connectivity index (χ2v) is 5.49. The first-order valence-electron chi connectivity index (χ1n) is 6.45. The summed E-state index contributed by atoms with van der Waals surface area (Å²) in [6.45, 7) is 2.29. The minimum atomic E-state index is -0.479. The Morgan fingerprint density at radius 3 is 2.75 bits per heavy atom. The van der Waals surface area contributed by atoms with E-state index in [0.717, 1.165) is 12.1 Å². The van der Waals surface area contributed by atoms with Gasteiger partial charge in [0.05, 0.1) is 6.61 Å². The molecule has 5 heteroatoms. The molecule has 0 saturated heterocycles. The van der Waals surface area contributed by atoms with E-state index in [1.807, 2.05) is 11.4 Å². The van der Waals surface area contributed by atoms with E-state index < -0.39 is 6.10 Å². The Kier molecular flexibility index (Phi) is 5.15. The van der Waals surface area contributed by atoms with Gasteiger partial charge in [0.1, 0.15) is 6.10 Å². The van der Waals surface area contributed by atoms with Gasteiger partial charge in [-0.25, -0.2) is 0 Å². The van der Waals surface area contributed by atoms with E-state index in [1.165, 1.54) is 4.88 Å². The Hall–Kier alpha value is -1.85. The molecule has 4 nitrogen and oxygen atoms in total. The van der Waals surface area contributed by atoms with Crippen LogP contribution < -0.4 is 11.1 Å². The highest BCUT2D eigenvalue weighted by molar-refractivity contribution is 7.09. The molecule has 1 amide bonds. The molecule has 1 aromatic carbocycles. The van der Waals surface area contributed by atoms with Crippen molar-refractivity contribution in [2.24, 2.45) is 0 Å². The van der Waals surface area contributed by atoms with Gasteiger partial charge >= 0.3 is 0 Å². The van der Waals surface area contributed by atoms with Crippen molar-refractivity contribution in [2.45, 2.75) is 19.4 Å². The van der Waals surface area contributed by atoms with E-state index >= 15 is 0 Å². The molecule has 0 radical (unpaired) electrons. The molecule has 0 spiro atoms. The molecule has 106 valence electrons. The molecule has 0 aliphatic carbocycles. The van der Waals surface area contributed by atoms with E-state index in [4.69, 9.17) is 10.5 Å². The molecular formula is C15H18N2O2S. The summed E-state index contributed by atoms with van der Waals surface area (Å²) in [5, 5.41) is 4.83. The summed E-state index contributed by atoms with van der Waals surface area (Å²) in [6, 6.07) is 11.1. The number of benzene rings is 1. The zero-order valence-electron chi connectivity index (χ0n) is 11.3. The number of nitrogens with two attached hydrogens (primary N) is 1. The van der Waals surface area contributed by atoms with Crippen LogP contribution in [-0.2, 0) is 16.0 Å². The summed E-state index contributed by atoms with van der Waals surface area (Å²) in [4.78, 5) is 13.2. The largest absolute Gasteiger partial charge is 0.399 e. The Labute approximate surface area is 122 Å². The van der Waals surface area contributed by atoms with E-state index in [2.05, 4.69) is 11.4 Å². The fourth-order valence-electron chi connectivity index (χ4n) is 1.68. The van der Waals surface area contributed by atoms with Gasteiger partial charge in [0.15, 0.2) is 0 Å². The number of hydrogen-bond acceptors (Lipinski definition) is 4. The lowest BCUT2D eigenvalue weighted by Gasteiger charge is -2.13. The minimum absolute atomic E-state index is 0.152. The van der Waals surface area contributed by atoms with Crippen molar-refractivity contribution >= 4 is 28.6 Å². The van der Waals surface area contributed by atoms with Crippen molar-refractivity contribution in [3.8, 4) is 0 Å². The first-order valence-corrected chi connectivity index (χ1v) is 7.33. The lowest BCUT2D eigenvalue weighted by molar-refractivity contribution is -0.126. The third-order valence-corrected chi connectivity index (χ3v) is 3.78. The van der Waals surface area contributed by atoms with Crippen LogP contribution in [0.5, 0.6) is 0 Å². The number of hydrogen-bond donors (Lipinski definition) is 2. The van der Waals surface area contributed by atoms with Gasteiger partial charge in [-0.15, -0.1) is 11.3 Å². The first kappa shape index (κ1) is 14.6. The molecule has 1 atom stereocenters. The molecule has 0 fully saturated rings. The van der Waals surface area contributed by atoms with Crippen molar-refractivity contribution in [1.29, 1.82) is 0 Å². The van der Waals surface area contributed by atoms with Crippen LogP contribution in [-0.4, -0.2) is 18.6 Å². The number of ether oxygens (including phenoxy) is 1. The van der Waals surface area contributed by atoms with Gasteiger partial charge in [-0.2, -0.15) is 0 Å². The lowest BCUT2D eigenvalue weighted by Crippen LogP contribution is -2.28. The Morgan fingerprint density at radius 1 is 1.35 bits per heavy atom. The monoisotopic (exact) mass is 290 g/mol. The molecule has 1 unspecified atom stereocenters. The van der Waals surface area contributed by atoms with Crippen LogP contribution in [0, 0.1) is 0 Å². The Bertz CT molecular complexity index is 538. The number of amides is 1. The second kappa shape index (κ2) is 7.07. The van der Waals surface area contributed by atoms with Gasteiger partial charge in [0, 0.05) is 22.7 Å². The molecule has 0 aliphatic rings. The molecular weight excluding hydrogens is 272 g/mol. The van der Waals surface area contributed by atoms with Gasteiger partial charge in [0.25, 0.3) is 5.91 Å². The van der Waals surface area contributed by atoms with E-state index in [1.54, 1.807) is 42.5 Å². The average molecular weight is 290 g/mol. The van der Waals surface area contributed by atoms with Crippen molar-refractivity contribution < 1.29 is 9.53 Å². The maximum Gasteiger partial charge on any atom is 0.253 e. The molecule has 3 N–H and O–H groups in total. The molecule has 20 heavy (non-hydrogen) atoms. The lowest BCUT2D eigenvalue weighted by atomic mass is 10.2. The number of carbonyl (C=O) groups is 1. The van der Waals surface area contributed by atoms with Crippen LogP contribution in [0.1, 0.15) is 11.8 Å². The van der Waals surface area contributed by atoms with Gasteiger partial charge in [-0.1, -0.05) is 6.07 Å². The Balaban J connectivity index is 1.75. The van der Waals surface area contributed by atoms with E-state index in [0.29, 0.717) is 12.3 Å². The number of rotatable bonds is 6. The average Bonchev–Trinajstić information content (AvgIpc) is 2.94. The van der Waals surface area contributed by atoms with Crippen LogP contribution in [0.2, 0.25) is 0 Å². The number of nitrogens with one attached hydrogen (secondary N) is 1. The maximum absolute atomic E-state index is 11.9. The summed E-state index contributed by atoms with van der Waals surface area (Å²) in [5.41, 5.74) is 6.98. The van der Waals surface area contributed by atoms with E-state index in [-0.39, 0.29) is 5.91 Å². The molecule has 2 rings (SSSR count). The van der Waals surface area contributed by atoms with Crippen molar-refractivity contribution in [2.75, 3.05) is 17.7 Å². The van der Waals surface area contributed by atoms with Crippen LogP contribution in [0.4, 0.5) is 11.4 Å². The summed E-state index contributed by atoms with van der Waals surface area (Å²) >= 11 is 1.69. The number of carbonyl (C=O) groups excluding carboxylic acids is 1. The SMILES string of the molecule is CC(OCCc1cccs1)C(=O)Nc1ccc(N)cc1. The number of thiophene rings is 1. The highest BCUT2D eigenvalue weighted by atomic mass is 32.1. The fourth-order valence-corrected chi connectivity index (χ4v) is 2.37. The third kappa shape index (κ3) is 4.36. The standard InChI is InChI=1S/C15H18N2O2S/c1-11(19-9-8-14-3-2-10-20-14)15(18)17-13-6-4-12(16)5-7-13/h2-7,10-11H,8-9,16H2,1H3,(H,17,18). The van der Waals surface area contributed by atoms with Crippen LogP contribution in [0.3, 0.4) is 0 Å². The summed E-state index contributed by atoms with van der Waals surface area (Å²) < 4.78 is 5.54. The predicted molar refractivity (Wildman–Crippen MR) is 82.9 cm³/mol. The highest BCUT2D eigenvalue weighted by Gasteiger charge is 2.13. The maximum atomic E-state index is 11.9. The predicted octanol–water partition coefficient (Wildman–Crippen LogP) is 2.92. The summed E-state index contributed by atoms with van der Waals surface area (Å²) in [5.74, 6) is -0.152. The van der Waals surface area contributed by atoms with Crippen LogP contribution >= 0.6 is 11.3 Å². The van der Waals surface area contributed by atoms with Crippen molar-refractivity contribution in [1.82, 2.24) is 0 Å². The quantitative estimate of drug-likeness (QED) is 0.804. The fraction of sp³-hybridized carbons (Fsp3) is 0.267. The van der Waals surface area contributed by atoms with Crippen molar-refractivity contribution in [3.05, 3.63) is 46.7 Å². The zero-order valence-corrected chi connectivity index (χ0v) is 12.2. The Morgan fingerprint density at radius 2 is 2.10 bits per heavy atom. The van der Waals surface area contributed by atoms with Crippen LogP contribution in [0.25, 0.3) is 0 Å². The molecule has 1 aromatic heterocycles. The molecule has 0 saturated carbocycles. The van der Waals surface area contributed by atoms with Crippen molar-refractivity contribution in [3.63, 3.8) is 0 Å². The number of anilines is 2. The topological polar surface area (TPSA) is 64.3 Å². The molecule has 2 aromatic rings. The van der Waals surface area contributed by atoms with Gasteiger partial charge in [0.2, 0.25) is 0 Å². The first-order chi connectivity index (χ1) is 9.65. The summed E-state index contributed by atoms with van der Waals surface area (Å²) in [7, 11) is 0. The minimum Gasteiger partial charge on any atom is -0.399 e. The molecule has 0 aliphatic heterocycles. The highest BCUT2D eigenvalue weighted by Crippen LogP contribution is 2.12. The third-order valence-electron chi connectivity index (χ3n) is 2.84. The molecule has 0 bridgehead atoms. The van der Waals surface area contributed by atoms with Crippen LogP contribution in [0.15, 0.2) is 41.8 Å². The zero-order chi connectivity index (χ0) is 14.4. The van der Waals surface area contributed by atoms with Gasteiger partial charge in [-0.3, -0.25) is 4.79 Å². The summed E-state index contributed by atoms with van der Waals surface area (Å²) in [6.07, 6.45) is 0.351. The second-order valence-electron chi connectivity index (χ2n) is 4.45. The number of nitrogen functional groups attached to an aromatic ring is 1. The van der Waals surface area contributed by atoms with Gasteiger partial charge < -0.3 is 15.8 Å². The van der Waals surface area contributed by atoms with Gasteiger partial charge in [-0.05, 0) is 42.6 Å². The molecule has 1 heterocycles.